The van der Waals surface area contributed by atoms with Gasteiger partial charge in [-0.15, -0.1) is 0 Å². The maximum atomic E-state index is 12.9. The molecule has 3 N–H and O–H groups in total. The van der Waals surface area contributed by atoms with Gasteiger partial charge in [-0.25, -0.2) is 4.39 Å². The number of aliphatic imine (C=N–C) groups is 1. The summed E-state index contributed by atoms with van der Waals surface area (Å²) in [5.74, 6) is 0.312. The molecule has 1 fully saturated rings. The van der Waals surface area contributed by atoms with Gasteiger partial charge >= 0.3 is 0 Å². The van der Waals surface area contributed by atoms with E-state index in [1.54, 1.807) is 0 Å². The number of hydrogen-bond donors (Lipinski definition) is 2. The van der Waals surface area contributed by atoms with Crippen molar-refractivity contribution in [2.45, 2.75) is 31.6 Å². The second-order valence-electron chi connectivity index (χ2n) is 4.92. The van der Waals surface area contributed by atoms with Crippen molar-refractivity contribution in [3.63, 3.8) is 0 Å². The Bertz CT molecular complexity index is 421. The molecule has 1 saturated carbocycles. The minimum atomic E-state index is -0.192. The first kappa shape index (κ1) is 12.9. The zero-order valence-electron chi connectivity index (χ0n) is 10.7. The molecule has 1 aliphatic carbocycles. The van der Waals surface area contributed by atoms with Crippen LogP contribution in [0.1, 0.15) is 31.7 Å². The lowest BCUT2D eigenvalue weighted by molar-refractivity contribution is 0.623. The normalized spacial score (nSPS) is 17.6. The fourth-order valence-corrected chi connectivity index (χ4v) is 2.04. The van der Waals surface area contributed by atoms with Crippen LogP contribution in [0.15, 0.2) is 29.3 Å². The SMILES string of the molecule is CCCNC(N)=NCC1(c2ccc(F)cc2)CC1. The summed E-state index contributed by atoms with van der Waals surface area (Å²) in [7, 11) is 0. The Balaban J connectivity index is 1.98. The lowest BCUT2D eigenvalue weighted by Crippen LogP contribution is -2.33. The molecule has 0 atom stereocenters. The zero-order valence-corrected chi connectivity index (χ0v) is 10.7. The number of guanidine groups is 1. The fourth-order valence-electron chi connectivity index (χ4n) is 2.04. The molecule has 0 radical (unpaired) electrons. The third-order valence-electron chi connectivity index (χ3n) is 3.42. The number of rotatable bonds is 5. The van der Waals surface area contributed by atoms with Gasteiger partial charge in [0.15, 0.2) is 5.96 Å². The highest BCUT2D eigenvalue weighted by Crippen LogP contribution is 2.48. The summed E-state index contributed by atoms with van der Waals surface area (Å²) in [5, 5.41) is 3.06. The summed E-state index contributed by atoms with van der Waals surface area (Å²) in [5.41, 5.74) is 7.03. The third kappa shape index (κ3) is 3.00. The molecule has 4 heteroatoms. The monoisotopic (exact) mass is 249 g/mol. The molecule has 0 aliphatic heterocycles. The van der Waals surface area contributed by atoms with Crippen LogP contribution in [0.25, 0.3) is 0 Å². The minimum absolute atomic E-state index is 0.0895. The Morgan fingerprint density at radius 1 is 1.39 bits per heavy atom. The van der Waals surface area contributed by atoms with Crippen LogP contribution in [0, 0.1) is 5.82 Å². The van der Waals surface area contributed by atoms with E-state index in [1.165, 1.54) is 12.1 Å². The van der Waals surface area contributed by atoms with Crippen LogP contribution in [0.5, 0.6) is 0 Å². The van der Waals surface area contributed by atoms with Crippen molar-refractivity contribution in [3.8, 4) is 0 Å². The van der Waals surface area contributed by atoms with E-state index in [0.29, 0.717) is 12.5 Å². The van der Waals surface area contributed by atoms with Gasteiger partial charge in [-0.2, -0.15) is 0 Å². The van der Waals surface area contributed by atoms with Gasteiger partial charge in [0, 0.05) is 12.0 Å². The average molecular weight is 249 g/mol. The Morgan fingerprint density at radius 3 is 2.61 bits per heavy atom. The van der Waals surface area contributed by atoms with Crippen molar-refractivity contribution in [2.75, 3.05) is 13.1 Å². The van der Waals surface area contributed by atoms with E-state index in [2.05, 4.69) is 17.2 Å². The highest BCUT2D eigenvalue weighted by molar-refractivity contribution is 5.77. The van der Waals surface area contributed by atoms with Crippen molar-refractivity contribution < 1.29 is 4.39 Å². The highest BCUT2D eigenvalue weighted by Gasteiger charge is 2.44. The molecule has 3 nitrogen and oxygen atoms in total. The Kier molecular flexibility index (Phi) is 3.84. The molecule has 98 valence electrons. The summed E-state index contributed by atoms with van der Waals surface area (Å²) in [6, 6.07) is 6.73. The molecule has 0 spiro atoms. The van der Waals surface area contributed by atoms with E-state index < -0.39 is 0 Å². The second kappa shape index (κ2) is 5.38. The molecule has 1 aliphatic rings. The van der Waals surface area contributed by atoms with E-state index in [0.717, 1.165) is 31.4 Å². The van der Waals surface area contributed by atoms with Gasteiger partial charge in [0.2, 0.25) is 0 Å². The fraction of sp³-hybridized carbons (Fsp3) is 0.500. The van der Waals surface area contributed by atoms with Gasteiger partial charge in [-0.1, -0.05) is 19.1 Å². The lowest BCUT2D eigenvalue weighted by atomic mass is 9.96. The first-order valence-electron chi connectivity index (χ1n) is 6.46. The predicted octanol–water partition coefficient (Wildman–Crippen LogP) is 2.17. The van der Waals surface area contributed by atoms with Gasteiger partial charge in [0.1, 0.15) is 5.82 Å². The van der Waals surface area contributed by atoms with Crippen LogP contribution < -0.4 is 11.1 Å². The summed E-state index contributed by atoms with van der Waals surface area (Å²) in [4.78, 5) is 4.38. The smallest absolute Gasteiger partial charge is 0.188 e. The van der Waals surface area contributed by atoms with Gasteiger partial charge in [0.25, 0.3) is 0 Å². The topological polar surface area (TPSA) is 50.4 Å². The van der Waals surface area contributed by atoms with Crippen LogP contribution in [-0.4, -0.2) is 19.0 Å². The molecule has 1 aromatic carbocycles. The quantitative estimate of drug-likeness (QED) is 0.620. The summed E-state index contributed by atoms with van der Waals surface area (Å²) in [6.45, 7) is 3.61. The molecule has 0 saturated heterocycles. The van der Waals surface area contributed by atoms with Gasteiger partial charge < -0.3 is 11.1 Å². The van der Waals surface area contributed by atoms with Crippen LogP contribution in [-0.2, 0) is 5.41 Å². The third-order valence-corrected chi connectivity index (χ3v) is 3.42. The molecular weight excluding hydrogens is 229 g/mol. The molecule has 0 amide bonds. The predicted molar refractivity (Wildman–Crippen MR) is 72.1 cm³/mol. The van der Waals surface area contributed by atoms with Gasteiger partial charge in [-0.05, 0) is 37.0 Å². The lowest BCUT2D eigenvalue weighted by Gasteiger charge is -2.13. The van der Waals surface area contributed by atoms with E-state index in [9.17, 15) is 4.39 Å². The standard InChI is InChI=1S/C14H20FN3/c1-2-9-17-13(16)18-10-14(7-8-14)11-3-5-12(15)6-4-11/h3-6H,2,7-10H2,1H3,(H3,16,17,18). The number of benzene rings is 1. The number of nitrogens with one attached hydrogen (secondary N) is 1. The second-order valence-corrected chi connectivity index (χ2v) is 4.92. The maximum absolute atomic E-state index is 12.9. The van der Waals surface area contributed by atoms with Crippen molar-refractivity contribution in [1.29, 1.82) is 0 Å². The van der Waals surface area contributed by atoms with Crippen LogP contribution in [0.4, 0.5) is 4.39 Å². The number of nitrogens with two attached hydrogens (primary N) is 1. The number of halogens is 1. The zero-order chi connectivity index (χ0) is 13.0. The number of nitrogens with zero attached hydrogens (tertiary/aromatic N) is 1. The van der Waals surface area contributed by atoms with Gasteiger partial charge in [-0.3, -0.25) is 4.99 Å². The Morgan fingerprint density at radius 2 is 2.06 bits per heavy atom. The summed E-state index contributed by atoms with van der Waals surface area (Å²) < 4.78 is 12.9. The van der Waals surface area contributed by atoms with E-state index in [-0.39, 0.29) is 11.2 Å². The van der Waals surface area contributed by atoms with Crippen molar-refractivity contribution >= 4 is 5.96 Å². The molecule has 0 aromatic heterocycles. The maximum Gasteiger partial charge on any atom is 0.188 e. The molecular formula is C14H20FN3. The summed E-state index contributed by atoms with van der Waals surface area (Å²) in [6.07, 6.45) is 3.23. The molecule has 2 rings (SSSR count). The molecule has 18 heavy (non-hydrogen) atoms. The highest BCUT2D eigenvalue weighted by atomic mass is 19.1. The van der Waals surface area contributed by atoms with Crippen LogP contribution in [0.2, 0.25) is 0 Å². The molecule has 0 bridgehead atoms. The molecule has 1 aromatic rings. The van der Waals surface area contributed by atoms with Crippen molar-refractivity contribution in [1.82, 2.24) is 5.32 Å². The van der Waals surface area contributed by atoms with E-state index in [1.807, 2.05) is 12.1 Å². The van der Waals surface area contributed by atoms with Crippen molar-refractivity contribution in [3.05, 3.63) is 35.6 Å². The molecule has 0 unspecified atom stereocenters. The first-order valence-corrected chi connectivity index (χ1v) is 6.46. The Labute approximate surface area is 107 Å². The largest absolute Gasteiger partial charge is 0.370 e. The van der Waals surface area contributed by atoms with Crippen LogP contribution >= 0.6 is 0 Å². The number of hydrogen-bond acceptors (Lipinski definition) is 1. The minimum Gasteiger partial charge on any atom is -0.370 e. The average Bonchev–Trinajstić information content (AvgIpc) is 3.16. The summed E-state index contributed by atoms with van der Waals surface area (Å²) >= 11 is 0. The molecule has 0 heterocycles. The van der Waals surface area contributed by atoms with E-state index in [4.69, 9.17) is 5.73 Å². The Hall–Kier alpha value is -1.58. The van der Waals surface area contributed by atoms with E-state index >= 15 is 0 Å². The first-order chi connectivity index (χ1) is 8.66. The van der Waals surface area contributed by atoms with Crippen LogP contribution in [0.3, 0.4) is 0 Å². The van der Waals surface area contributed by atoms with Gasteiger partial charge in [0.05, 0.1) is 6.54 Å². The van der Waals surface area contributed by atoms with Crippen molar-refractivity contribution in [2.24, 2.45) is 10.7 Å².